The van der Waals surface area contributed by atoms with E-state index < -0.39 is 24.5 Å². The molecule has 0 fully saturated rings. The highest BCUT2D eigenvalue weighted by molar-refractivity contribution is 5.93. The minimum atomic E-state index is -0.599. The van der Waals surface area contributed by atoms with Crippen molar-refractivity contribution in [3.8, 4) is 17.2 Å². The van der Waals surface area contributed by atoms with Crippen LogP contribution < -0.4 is 14.8 Å². The Bertz CT molecular complexity index is 1320. The molecule has 0 spiro atoms. The lowest BCUT2D eigenvalue weighted by atomic mass is 9.98. The van der Waals surface area contributed by atoms with Crippen molar-refractivity contribution in [2.45, 2.75) is 19.9 Å². The second kappa shape index (κ2) is 11.4. The average Bonchev–Trinajstić information content (AvgIpc) is 3.24. The molecule has 0 radical (unpaired) electrons. The van der Waals surface area contributed by atoms with Crippen molar-refractivity contribution in [3.63, 3.8) is 0 Å². The zero-order valence-corrected chi connectivity index (χ0v) is 21.2. The Labute approximate surface area is 215 Å². The van der Waals surface area contributed by atoms with Gasteiger partial charge in [0.15, 0.2) is 6.61 Å². The minimum Gasteiger partial charge on any atom is -0.497 e. The zero-order valence-electron chi connectivity index (χ0n) is 21.2. The van der Waals surface area contributed by atoms with Gasteiger partial charge in [-0.2, -0.15) is 5.10 Å². The first kappa shape index (κ1) is 25.5. The first-order chi connectivity index (χ1) is 17.9. The number of nitrogens with zero attached hydrogens (tertiary/aromatic N) is 2. The summed E-state index contributed by atoms with van der Waals surface area (Å²) in [7, 11) is 3.19. The van der Waals surface area contributed by atoms with Crippen molar-refractivity contribution in [2.24, 2.45) is 0 Å². The number of ether oxygens (including phenoxy) is 3. The van der Waals surface area contributed by atoms with Crippen LogP contribution in [0.5, 0.6) is 11.5 Å². The normalized spacial score (nSPS) is 10.7. The van der Waals surface area contributed by atoms with Crippen LogP contribution in [0.3, 0.4) is 0 Å². The predicted molar refractivity (Wildman–Crippen MR) is 139 cm³/mol. The van der Waals surface area contributed by atoms with Gasteiger partial charge in [-0.1, -0.05) is 42.5 Å². The molecule has 0 unspecified atom stereocenters. The van der Waals surface area contributed by atoms with Gasteiger partial charge in [-0.15, -0.1) is 0 Å². The number of para-hydroxylation sites is 1. The molecule has 1 amide bonds. The predicted octanol–water partition coefficient (Wildman–Crippen LogP) is 4.57. The number of hydrogen-bond donors (Lipinski definition) is 1. The van der Waals surface area contributed by atoms with Gasteiger partial charge < -0.3 is 19.5 Å². The highest BCUT2D eigenvalue weighted by Gasteiger charge is 2.23. The van der Waals surface area contributed by atoms with E-state index in [1.54, 1.807) is 32.7 Å². The number of aromatic nitrogens is 2. The van der Waals surface area contributed by atoms with Crippen LogP contribution >= 0.6 is 0 Å². The Kier molecular flexibility index (Phi) is 7.88. The van der Waals surface area contributed by atoms with Crippen LogP contribution in [0.25, 0.3) is 5.69 Å². The number of hydrogen-bond acceptors (Lipinski definition) is 6. The second-order valence-electron chi connectivity index (χ2n) is 8.42. The topological polar surface area (TPSA) is 91.7 Å². The van der Waals surface area contributed by atoms with Gasteiger partial charge in [0.1, 0.15) is 17.1 Å². The van der Waals surface area contributed by atoms with Crippen LogP contribution in [0.2, 0.25) is 0 Å². The molecule has 1 heterocycles. The molecule has 190 valence electrons. The van der Waals surface area contributed by atoms with Gasteiger partial charge in [0.25, 0.3) is 5.91 Å². The molecule has 8 nitrogen and oxygen atoms in total. The number of nitrogens with one attached hydrogen (secondary N) is 1. The molecule has 1 aromatic heterocycles. The fraction of sp³-hybridized carbons (Fsp3) is 0.207. The number of rotatable bonds is 9. The van der Waals surface area contributed by atoms with Gasteiger partial charge in [0, 0.05) is 0 Å². The molecular weight excluding hydrogens is 470 g/mol. The Morgan fingerprint density at radius 3 is 1.89 bits per heavy atom. The van der Waals surface area contributed by atoms with Crippen LogP contribution in [0.4, 0.5) is 0 Å². The second-order valence-corrected chi connectivity index (χ2v) is 8.42. The lowest BCUT2D eigenvalue weighted by Crippen LogP contribution is -2.33. The Hall–Kier alpha value is -4.59. The molecule has 0 aliphatic carbocycles. The third kappa shape index (κ3) is 5.81. The number of amides is 1. The maximum atomic E-state index is 12.9. The fourth-order valence-electron chi connectivity index (χ4n) is 4.12. The molecule has 0 aliphatic heterocycles. The lowest BCUT2D eigenvalue weighted by Gasteiger charge is -2.20. The summed E-state index contributed by atoms with van der Waals surface area (Å²) in [5.41, 5.74) is 4.05. The average molecular weight is 500 g/mol. The summed E-state index contributed by atoms with van der Waals surface area (Å²) >= 11 is 0. The minimum absolute atomic E-state index is 0.346. The van der Waals surface area contributed by atoms with Crippen molar-refractivity contribution in [1.82, 2.24) is 15.1 Å². The highest BCUT2D eigenvalue weighted by atomic mass is 16.5. The summed E-state index contributed by atoms with van der Waals surface area (Å²) in [5, 5.41) is 7.45. The summed E-state index contributed by atoms with van der Waals surface area (Å²) in [6.07, 6.45) is 0. The Morgan fingerprint density at radius 1 is 0.838 bits per heavy atom. The molecule has 0 atom stereocenters. The quantitative estimate of drug-likeness (QED) is 0.339. The number of carbonyl (C=O) groups excluding carboxylic acids is 2. The fourth-order valence-corrected chi connectivity index (χ4v) is 4.12. The van der Waals surface area contributed by atoms with Gasteiger partial charge in [-0.05, 0) is 61.4 Å². The van der Waals surface area contributed by atoms with E-state index in [0.717, 1.165) is 16.8 Å². The standard InChI is InChI=1S/C29H29N3O5/c1-19-27(20(2)32(31-19)23-8-6-5-7-9-23)29(34)37-18-26(33)30-28(21-10-14-24(35-3)15-11-21)22-12-16-25(36-4)17-13-22/h5-17,28H,18H2,1-4H3,(H,30,33). The Balaban J connectivity index is 1.49. The van der Waals surface area contributed by atoms with Gasteiger partial charge >= 0.3 is 5.97 Å². The number of methoxy groups -OCH3 is 2. The molecule has 0 saturated carbocycles. The molecule has 4 rings (SSSR count). The molecule has 1 N–H and O–H groups in total. The summed E-state index contributed by atoms with van der Waals surface area (Å²) in [6, 6.07) is 23.9. The summed E-state index contributed by atoms with van der Waals surface area (Å²) in [5.74, 6) is 0.382. The molecule has 0 bridgehead atoms. The van der Waals surface area contributed by atoms with Gasteiger partial charge in [0.05, 0.1) is 37.3 Å². The molecule has 0 saturated heterocycles. The van der Waals surface area contributed by atoms with Crippen LogP contribution in [-0.4, -0.2) is 42.5 Å². The van der Waals surface area contributed by atoms with Crippen LogP contribution in [0.1, 0.15) is 38.9 Å². The third-order valence-corrected chi connectivity index (χ3v) is 6.03. The van der Waals surface area contributed by atoms with Crippen LogP contribution in [0, 0.1) is 13.8 Å². The van der Waals surface area contributed by atoms with Crippen LogP contribution in [-0.2, 0) is 9.53 Å². The third-order valence-electron chi connectivity index (χ3n) is 6.03. The largest absolute Gasteiger partial charge is 0.497 e. The van der Waals surface area contributed by atoms with Crippen LogP contribution in [0.15, 0.2) is 78.9 Å². The van der Waals surface area contributed by atoms with Crippen molar-refractivity contribution in [2.75, 3.05) is 20.8 Å². The van der Waals surface area contributed by atoms with E-state index in [-0.39, 0.29) is 0 Å². The number of aryl methyl sites for hydroxylation is 1. The van der Waals surface area contributed by atoms with E-state index in [0.29, 0.717) is 28.5 Å². The van der Waals surface area contributed by atoms with Crippen molar-refractivity contribution in [1.29, 1.82) is 0 Å². The van der Waals surface area contributed by atoms with E-state index >= 15 is 0 Å². The molecule has 37 heavy (non-hydrogen) atoms. The molecule has 0 aliphatic rings. The highest BCUT2D eigenvalue weighted by Crippen LogP contribution is 2.26. The number of benzene rings is 3. The van der Waals surface area contributed by atoms with E-state index in [1.165, 1.54) is 0 Å². The zero-order chi connectivity index (χ0) is 26.4. The number of carbonyl (C=O) groups is 2. The number of esters is 1. The first-order valence-electron chi connectivity index (χ1n) is 11.8. The van der Waals surface area contributed by atoms with Gasteiger partial charge in [0.2, 0.25) is 0 Å². The Morgan fingerprint density at radius 2 is 1.38 bits per heavy atom. The molecule has 4 aromatic rings. The summed E-state index contributed by atoms with van der Waals surface area (Å²) < 4.78 is 17.6. The van der Waals surface area contributed by atoms with Crippen molar-refractivity contribution >= 4 is 11.9 Å². The SMILES string of the molecule is COc1ccc(C(NC(=O)COC(=O)c2c(C)nn(-c3ccccc3)c2C)c2ccc(OC)cc2)cc1. The first-order valence-corrected chi connectivity index (χ1v) is 11.8. The van der Waals surface area contributed by atoms with E-state index in [2.05, 4.69) is 10.4 Å². The van der Waals surface area contributed by atoms with E-state index in [1.807, 2.05) is 78.9 Å². The van der Waals surface area contributed by atoms with E-state index in [9.17, 15) is 9.59 Å². The van der Waals surface area contributed by atoms with Gasteiger partial charge in [-0.3, -0.25) is 4.79 Å². The van der Waals surface area contributed by atoms with Crippen molar-refractivity contribution in [3.05, 3.63) is 107 Å². The lowest BCUT2D eigenvalue weighted by molar-refractivity contribution is -0.124. The monoisotopic (exact) mass is 499 g/mol. The molecule has 8 heteroatoms. The summed E-state index contributed by atoms with van der Waals surface area (Å²) in [4.78, 5) is 25.8. The summed E-state index contributed by atoms with van der Waals surface area (Å²) in [6.45, 7) is 3.11. The maximum absolute atomic E-state index is 12.9. The van der Waals surface area contributed by atoms with E-state index in [4.69, 9.17) is 14.2 Å². The molecule has 3 aromatic carbocycles. The molecular formula is C29H29N3O5. The smallest absolute Gasteiger partial charge is 0.342 e. The van der Waals surface area contributed by atoms with Gasteiger partial charge in [-0.25, -0.2) is 9.48 Å². The van der Waals surface area contributed by atoms with Crippen molar-refractivity contribution < 1.29 is 23.8 Å². The maximum Gasteiger partial charge on any atom is 0.342 e.